The topological polar surface area (TPSA) is 15.3 Å². The van der Waals surface area contributed by atoms with E-state index in [0.717, 1.165) is 30.3 Å². The zero-order chi connectivity index (χ0) is 14.5. The van der Waals surface area contributed by atoms with E-state index in [2.05, 4.69) is 24.1 Å². The summed E-state index contributed by atoms with van der Waals surface area (Å²) in [4.78, 5) is 2.14. The molecule has 1 aromatic rings. The fourth-order valence-electron chi connectivity index (χ4n) is 3.17. The molecule has 0 aliphatic heterocycles. The SMILES string of the molecule is CCNCc1ccc(N(C)C2CCCC(C)C2)c(F)c1. The van der Waals surface area contributed by atoms with Crippen LogP contribution in [0.15, 0.2) is 18.2 Å². The Morgan fingerprint density at radius 3 is 2.80 bits per heavy atom. The molecule has 2 nitrogen and oxygen atoms in total. The Balaban J connectivity index is 2.07. The maximum Gasteiger partial charge on any atom is 0.146 e. The van der Waals surface area contributed by atoms with Gasteiger partial charge in [0, 0.05) is 19.6 Å². The normalized spacial score (nSPS) is 22.8. The minimum absolute atomic E-state index is 0.0962. The van der Waals surface area contributed by atoms with Gasteiger partial charge < -0.3 is 10.2 Å². The van der Waals surface area contributed by atoms with Gasteiger partial charge in [-0.1, -0.05) is 32.8 Å². The Morgan fingerprint density at radius 1 is 1.35 bits per heavy atom. The number of nitrogens with one attached hydrogen (secondary N) is 1. The van der Waals surface area contributed by atoms with Gasteiger partial charge in [0.15, 0.2) is 0 Å². The molecule has 2 unspecified atom stereocenters. The first-order chi connectivity index (χ1) is 9.61. The monoisotopic (exact) mass is 278 g/mol. The van der Waals surface area contributed by atoms with Crippen molar-refractivity contribution in [3.63, 3.8) is 0 Å². The van der Waals surface area contributed by atoms with Crippen LogP contribution in [0.3, 0.4) is 0 Å². The summed E-state index contributed by atoms with van der Waals surface area (Å²) in [6, 6.07) is 6.11. The van der Waals surface area contributed by atoms with Crippen molar-refractivity contribution in [1.82, 2.24) is 5.32 Å². The maximum atomic E-state index is 14.3. The number of halogens is 1. The molecule has 1 aliphatic rings. The molecule has 0 radical (unpaired) electrons. The Morgan fingerprint density at radius 2 is 2.15 bits per heavy atom. The third-order valence-electron chi connectivity index (χ3n) is 4.43. The zero-order valence-electron chi connectivity index (χ0n) is 13.0. The molecule has 0 spiro atoms. The molecule has 1 aromatic carbocycles. The summed E-state index contributed by atoms with van der Waals surface area (Å²) >= 11 is 0. The quantitative estimate of drug-likeness (QED) is 0.877. The van der Waals surface area contributed by atoms with Crippen LogP contribution in [-0.2, 0) is 6.54 Å². The van der Waals surface area contributed by atoms with E-state index in [-0.39, 0.29) is 5.82 Å². The van der Waals surface area contributed by atoms with Crippen LogP contribution < -0.4 is 10.2 Å². The molecule has 20 heavy (non-hydrogen) atoms. The van der Waals surface area contributed by atoms with Crippen molar-refractivity contribution in [3.8, 4) is 0 Å². The molecule has 0 amide bonds. The molecule has 1 fully saturated rings. The first kappa shape index (κ1) is 15.3. The molecule has 1 saturated carbocycles. The summed E-state index contributed by atoms with van der Waals surface area (Å²) < 4.78 is 14.3. The maximum absolute atomic E-state index is 14.3. The average molecular weight is 278 g/mol. The summed E-state index contributed by atoms with van der Waals surface area (Å²) in [6.45, 7) is 6.00. The molecule has 3 heteroatoms. The van der Waals surface area contributed by atoms with Crippen molar-refractivity contribution in [1.29, 1.82) is 0 Å². The predicted molar refractivity (Wildman–Crippen MR) is 83.6 cm³/mol. The van der Waals surface area contributed by atoms with Crippen LogP contribution in [0, 0.1) is 11.7 Å². The lowest BCUT2D eigenvalue weighted by Gasteiger charge is -2.35. The van der Waals surface area contributed by atoms with Crippen LogP contribution in [0.4, 0.5) is 10.1 Å². The summed E-state index contributed by atoms with van der Waals surface area (Å²) in [5, 5.41) is 3.23. The smallest absolute Gasteiger partial charge is 0.146 e. The van der Waals surface area contributed by atoms with Crippen LogP contribution in [-0.4, -0.2) is 19.6 Å². The second kappa shape index (κ2) is 7.07. The third kappa shape index (κ3) is 3.72. The second-order valence-electron chi connectivity index (χ2n) is 6.10. The third-order valence-corrected chi connectivity index (χ3v) is 4.43. The van der Waals surface area contributed by atoms with Crippen molar-refractivity contribution >= 4 is 5.69 Å². The van der Waals surface area contributed by atoms with E-state index in [4.69, 9.17) is 0 Å². The summed E-state index contributed by atoms with van der Waals surface area (Å²) in [5.74, 6) is 0.661. The standard InChI is InChI=1S/C17H27FN2/c1-4-19-12-14-8-9-17(16(18)11-14)20(3)15-7-5-6-13(2)10-15/h8-9,11,13,15,19H,4-7,10,12H2,1-3H3. The van der Waals surface area contributed by atoms with E-state index in [1.54, 1.807) is 6.07 Å². The van der Waals surface area contributed by atoms with Gasteiger partial charge in [0.2, 0.25) is 0 Å². The van der Waals surface area contributed by atoms with E-state index >= 15 is 0 Å². The number of rotatable bonds is 5. The second-order valence-corrected chi connectivity index (χ2v) is 6.10. The van der Waals surface area contributed by atoms with Crippen LogP contribution in [0.1, 0.15) is 45.1 Å². The fraction of sp³-hybridized carbons (Fsp3) is 0.647. The molecule has 0 saturated heterocycles. The Kier molecular flexibility index (Phi) is 5.41. The van der Waals surface area contributed by atoms with Crippen molar-refractivity contribution in [2.45, 2.75) is 52.1 Å². The van der Waals surface area contributed by atoms with Crippen molar-refractivity contribution < 1.29 is 4.39 Å². The van der Waals surface area contributed by atoms with Gasteiger partial charge >= 0.3 is 0 Å². The van der Waals surface area contributed by atoms with Gasteiger partial charge in [0.25, 0.3) is 0 Å². The lowest BCUT2D eigenvalue weighted by atomic mass is 9.86. The van der Waals surface area contributed by atoms with Crippen molar-refractivity contribution in [2.75, 3.05) is 18.5 Å². The number of nitrogens with zero attached hydrogens (tertiary/aromatic N) is 1. The molecular weight excluding hydrogens is 251 g/mol. The van der Waals surface area contributed by atoms with Gasteiger partial charge in [-0.15, -0.1) is 0 Å². The van der Waals surface area contributed by atoms with Crippen LogP contribution in [0.5, 0.6) is 0 Å². The predicted octanol–water partition coefficient (Wildman–Crippen LogP) is 3.95. The molecule has 1 N–H and O–H groups in total. The Labute approximate surface area is 122 Å². The minimum atomic E-state index is -0.0962. The molecule has 2 atom stereocenters. The molecule has 112 valence electrons. The number of hydrogen-bond acceptors (Lipinski definition) is 2. The van der Waals surface area contributed by atoms with Gasteiger partial charge in [-0.3, -0.25) is 0 Å². The van der Waals surface area contributed by atoms with Crippen LogP contribution in [0.25, 0.3) is 0 Å². The summed E-state index contributed by atoms with van der Waals surface area (Å²) in [7, 11) is 2.03. The highest BCUT2D eigenvalue weighted by Crippen LogP contribution is 2.31. The van der Waals surface area contributed by atoms with Crippen LogP contribution >= 0.6 is 0 Å². The molecule has 0 aromatic heterocycles. The number of anilines is 1. The van der Waals surface area contributed by atoms with Gasteiger partial charge in [-0.2, -0.15) is 0 Å². The first-order valence-corrected chi connectivity index (χ1v) is 7.83. The fourth-order valence-corrected chi connectivity index (χ4v) is 3.17. The summed E-state index contributed by atoms with van der Waals surface area (Å²) in [5.41, 5.74) is 1.75. The highest BCUT2D eigenvalue weighted by molar-refractivity contribution is 5.49. The molecule has 1 aliphatic carbocycles. The van der Waals surface area contributed by atoms with Gasteiger partial charge in [-0.05, 0) is 43.0 Å². The highest BCUT2D eigenvalue weighted by Gasteiger charge is 2.24. The number of benzene rings is 1. The van der Waals surface area contributed by atoms with E-state index in [0.29, 0.717) is 6.04 Å². The van der Waals surface area contributed by atoms with Crippen molar-refractivity contribution in [3.05, 3.63) is 29.6 Å². The Hall–Kier alpha value is -1.09. The van der Waals surface area contributed by atoms with E-state index in [1.165, 1.54) is 25.7 Å². The largest absolute Gasteiger partial charge is 0.369 e. The molecule has 0 bridgehead atoms. The summed E-state index contributed by atoms with van der Waals surface area (Å²) in [6.07, 6.45) is 4.93. The van der Waals surface area contributed by atoms with Gasteiger partial charge in [0.1, 0.15) is 5.82 Å². The van der Waals surface area contributed by atoms with Gasteiger partial charge in [0.05, 0.1) is 5.69 Å². The minimum Gasteiger partial charge on any atom is -0.369 e. The van der Waals surface area contributed by atoms with Crippen LogP contribution in [0.2, 0.25) is 0 Å². The van der Waals surface area contributed by atoms with Gasteiger partial charge in [-0.25, -0.2) is 4.39 Å². The highest BCUT2D eigenvalue weighted by atomic mass is 19.1. The lowest BCUT2D eigenvalue weighted by molar-refractivity contribution is 0.335. The average Bonchev–Trinajstić information content (AvgIpc) is 2.44. The van der Waals surface area contributed by atoms with E-state index in [1.807, 2.05) is 19.2 Å². The lowest BCUT2D eigenvalue weighted by Crippen LogP contribution is -2.36. The van der Waals surface area contributed by atoms with Crippen molar-refractivity contribution in [2.24, 2.45) is 5.92 Å². The zero-order valence-corrected chi connectivity index (χ0v) is 13.0. The van der Waals surface area contributed by atoms with E-state index in [9.17, 15) is 4.39 Å². The Bertz CT molecular complexity index is 433. The van der Waals surface area contributed by atoms with E-state index < -0.39 is 0 Å². The molecule has 0 heterocycles. The molecular formula is C17H27FN2. The molecule has 2 rings (SSSR count). The first-order valence-electron chi connectivity index (χ1n) is 7.83. The number of hydrogen-bond donors (Lipinski definition) is 1.